The molecule has 0 aromatic carbocycles. The molecule has 0 aromatic rings. The Morgan fingerprint density at radius 3 is 2.55 bits per heavy atom. The zero-order valence-electron chi connectivity index (χ0n) is 5.90. The topological polar surface area (TPSA) is 83.8 Å². The maximum Gasteiger partial charge on any atom is 0.340 e. The van der Waals surface area contributed by atoms with Gasteiger partial charge in [0.05, 0.1) is 6.42 Å². The van der Waals surface area contributed by atoms with Gasteiger partial charge in [0.25, 0.3) is 0 Å². The molecule has 0 aromatic heterocycles. The molecular weight excluding hydrogens is 152 g/mol. The van der Waals surface area contributed by atoms with Gasteiger partial charge in [0.2, 0.25) is 5.60 Å². The molecule has 0 spiro atoms. The van der Waals surface area contributed by atoms with Crippen LogP contribution < -0.4 is 0 Å². The summed E-state index contributed by atoms with van der Waals surface area (Å²) in [5, 5.41) is 17.7. The largest absolute Gasteiger partial charge is 0.479 e. The third-order valence-electron chi connectivity index (χ3n) is 1.76. The average Bonchev–Trinajstić information content (AvgIpc) is 2.08. The smallest absolute Gasteiger partial charge is 0.340 e. The van der Waals surface area contributed by atoms with Crippen LogP contribution in [0.5, 0.6) is 0 Å². The van der Waals surface area contributed by atoms with Gasteiger partial charge in [0.15, 0.2) is 0 Å². The van der Waals surface area contributed by atoms with Crippen LogP contribution in [0.3, 0.4) is 0 Å². The van der Waals surface area contributed by atoms with Crippen LogP contribution in [0.2, 0.25) is 0 Å². The molecule has 0 unspecified atom stereocenters. The Balaban J connectivity index is 2.87. The highest BCUT2D eigenvalue weighted by molar-refractivity contribution is 5.88. The van der Waals surface area contributed by atoms with Crippen LogP contribution in [-0.2, 0) is 14.3 Å². The average molecular weight is 160 g/mol. The highest BCUT2D eigenvalue weighted by Gasteiger charge is 2.51. The number of aliphatic carboxylic acids is 1. The van der Waals surface area contributed by atoms with Gasteiger partial charge in [-0.1, -0.05) is 0 Å². The van der Waals surface area contributed by atoms with Crippen LogP contribution in [0.25, 0.3) is 0 Å². The molecule has 1 heterocycles. The van der Waals surface area contributed by atoms with Crippen molar-refractivity contribution in [3.63, 3.8) is 0 Å². The van der Waals surface area contributed by atoms with E-state index in [1.54, 1.807) is 0 Å². The normalized spacial score (nSPS) is 36.9. The highest BCUT2D eigenvalue weighted by atomic mass is 16.6. The quantitative estimate of drug-likeness (QED) is 0.487. The van der Waals surface area contributed by atoms with Crippen molar-refractivity contribution in [3.8, 4) is 0 Å². The van der Waals surface area contributed by atoms with E-state index < -0.39 is 30.1 Å². The molecule has 0 aliphatic carbocycles. The summed E-state index contributed by atoms with van der Waals surface area (Å²) >= 11 is 0. The van der Waals surface area contributed by atoms with Crippen molar-refractivity contribution in [1.82, 2.24) is 0 Å². The first-order valence-corrected chi connectivity index (χ1v) is 3.12. The maximum atomic E-state index is 10.5. The third-order valence-corrected chi connectivity index (χ3v) is 1.76. The van der Waals surface area contributed by atoms with E-state index in [2.05, 4.69) is 4.74 Å². The number of hydrogen-bond donors (Lipinski definition) is 2. The molecule has 2 N–H and O–H groups in total. The molecule has 1 fully saturated rings. The Hall–Kier alpha value is -1.10. The number of carboxylic acids is 1. The van der Waals surface area contributed by atoms with Gasteiger partial charge in [0, 0.05) is 0 Å². The fraction of sp³-hybridized carbons (Fsp3) is 0.667. The minimum absolute atomic E-state index is 0.469. The number of carbonyl (C=O) groups is 2. The Kier molecular flexibility index (Phi) is 1.60. The number of carbonyl (C=O) groups excluding carboxylic acids is 1. The standard InChI is InChI=1S/C6H8O5/c1-3-6(10,5(8)9)2-4(7)11-3/h3,10H,2H2,1H3,(H,8,9)/t3-,6+/m1/s1. The summed E-state index contributed by atoms with van der Waals surface area (Å²) in [6, 6.07) is 0. The number of aliphatic hydroxyl groups is 1. The molecule has 0 radical (unpaired) electrons. The Morgan fingerprint density at radius 1 is 1.82 bits per heavy atom. The molecule has 1 saturated heterocycles. The molecule has 1 aliphatic heterocycles. The number of carboxylic acid groups (broad SMARTS) is 1. The maximum absolute atomic E-state index is 10.5. The Morgan fingerprint density at radius 2 is 2.36 bits per heavy atom. The summed E-state index contributed by atoms with van der Waals surface area (Å²) in [4.78, 5) is 20.9. The number of rotatable bonds is 1. The monoisotopic (exact) mass is 160 g/mol. The Labute approximate surface area is 62.6 Å². The lowest BCUT2D eigenvalue weighted by molar-refractivity contribution is -0.163. The molecule has 0 bridgehead atoms. The Bertz CT molecular complexity index is 211. The lowest BCUT2D eigenvalue weighted by Gasteiger charge is -2.17. The van der Waals surface area contributed by atoms with E-state index in [1.807, 2.05) is 0 Å². The summed E-state index contributed by atoms with van der Waals surface area (Å²) in [6.07, 6.45) is -1.43. The van der Waals surface area contributed by atoms with Crippen molar-refractivity contribution in [3.05, 3.63) is 0 Å². The summed E-state index contributed by atoms with van der Waals surface area (Å²) in [5.41, 5.74) is -2.03. The van der Waals surface area contributed by atoms with E-state index in [1.165, 1.54) is 6.92 Å². The second-order valence-electron chi connectivity index (χ2n) is 2.54. The molecule has 0 saturated carbocycles. The van der Waals surface area contributed by atoms with Crippen LogP contribution in [-0.4, -0.2) is 33.9 Å². The first-order valence-electron chi connectivity index (χ1n) is 3.12. The first-order chi connectivity index (χ1) is 4.97. The minimum Gasteiger partial charge on any atom is -0.479 e. The van der Waals surface area contributed by atoms with Crippen molar-refractivity contribution in [2.24, 2.45) is 0 Å². The van der Waals surface area contributed by atoms with Gasteiger partial charge in [-0.3, -0.25) is 4.79 Å². The van der Waals surface area contributed by atoms with Gasteiger partial charge < -0.3 is 14.9 Å². The number of cyclic esters (lactones) is 1. The van der Waals surface area contributed by atoms with Gasteiger partial charge >= 0.3 is 11.9 Å². The zero-order valence-corrected chi connectivity index (χ0v) is 5.90. The van der Waals surface area contributed by atoms with Crippen LogP contribution >= 0.6 is 0 Å². The highest BCUT2D eigenvalue weighted by Crippen LogP contribution is 2.26. The van der Waals surface area contributed by atoms with Gasteiger partial charge in [-0.15, -0.1) is 0 Å². The van der Waals surface area contributed by atoms with E-state index in [0.717, 1.165) is 0 Å². The number of esters is 1. The zero-order chi connectivity index (χ0) is 8.65. The molecular formula is C6H8O5. The van der Waals surface area contributed by atoms with Crippen molar-refractivity contribution < 1.29 is 24.5 Å². The van der Waals surface area contributed by atoms with E-state index in [0.29, 0.717) is 0 Å². The summed E-state index contributed by atoms with van der Waals surface area (Å²) in [6.45, 7) is 1.35. The SMILES string of the molecule is C[C@H]1OC(=O)C[C@@]1(O)C(=O)O. The summed E-state index contributed by atoms with van der Waals surface area (Å²) in [7, 11) is 0. The fourth-order valence-electron chi connectivity index (χ4n) is 0.950. The predicted octanol–water partition coefficient (Wildman–Crippen LogP) is -0.862. The second-order valence-corrected chi connectivity index (χ2v) is 2.54. The van der Waals surface area contributed by atoms with Crippen molar-refractivity contribution >= 4 is 11.9 Å². The molecule has 62 valence electrons. The van der Waals surface area contributed by atoms with Crippen LogP contribution in [0.15, 0.2) is 0 Å². The van der Waals surface area contributed by atoms with Crippen LogP contribution in [0.1, 0.15) is 13.3 Å². The summed E-state index contributed by atoms with van der Waals surface area (Å²) in [5.74, 6) is -2.10. The molecule has 5 heteroatoms. The molecule has 2 atom stereocenters. The van der Waals surface area contributed by atoms with Gasteiger partial charge in [-0.2, -0.15) is 0 Å². The molecule has 1 aliphatic rings. The van der Waals surface area contributed by atoms with Crippen LogP contribution in [0, 0.1) is 0 Å². The number of ether oxygens (including phenoxy) is 1. The van der Waals surface area contributed by atoms with Gasteiger partial charge in [-0.25, -0.2) is 4.79 Å². The van der Waals surface area contributed by atoms with Crippen LogP contribution in [0.4, 0.5) is 0 Å². The first kappa shape index (κ1) is 8.00. The van der Waals surface area contributed by atoms with E-state index >= 15 is 0 Å². The molecule has 1 rings (SSSR count). The van der Waals surface area contributed by atoms with E-state index in [4.69, 9.17) is 5.11 Å². The third kappa shape index (κ3) is 1.07. The van der Waals surface area contributed by atoms with Crippen molar-refractivity contribution in [2.75, 3.05) is 0 Å². The predicted molar refractivity (Wildman–Crippen MR) is 32.8 cm³/mol. The van der Waals surface area contributed by atoms with E-state index in [-0.39, 0.29) is 0 Å². The molecule has 0 amide bonds. The minimum atomic E-state index is -2.03. The van der Waals surface area contributed by atoms with E-state index in [9.17, 15) is 14.7 Å². The van der Waals surface area contributed by atoms with Crippen molar-refractivity contribution in [1.29, 1.82) is 0 Å². The lowest BCUT2D eigenvalue weighted by atomic mass is 9.97. The summed E-state index contributed by atoms with van der Waals surface area (Å²) < 4.78 is 4.47. The van der Waals surface area contributed by atoms with Crippen molar-refractivity contribution in [2.45, 2.75) is 25.0 Å². The lowest BCUT2D eigenvalue weighted by Crippen LogP contribution is -2.44. The fourth-order valence-corrected chi connectivity index (χ4v) is 0.950. The van der Waals surface area contributed by atoms with Gasteiger partial charge in [0.1, 0.15) is 6.10 Å². The molecule has 11 heavy (non-hydrogen) atoms. The number of hydrogen-bond acceptors (Lipinski definition) is 4. The van der Waals surface area contributed by atoms with Gasteiger partial charge in [-0.05, 0) is 6.92 Å². The second kappa shape index (κ2) is 2.20. The molecule has 5 nitrogen and oxygen atoms in total.